The first-order chi connectivity index (χ1) is 10.4. The molecule has 0 bridgehead atoms. The number of carbonyl (C=O) groups is 1. The molecule has 0 radical (unpaired) electrons. The highest BCUT2D eigenvalue weighted by Gasteiger charge is 2.22. The Morgan fingerprint density at radius 3 is 2.05 bits per heavy atom. The van der Waals surface area contributed by atoms with E-state index in [1.807, 2.05) is 13.8 Å². The maximum absolute atomic E-state index is 12.4. The summed E-state index contributed by atoms with van der Waals surface area (Å²) in [5.74, 6) is -0.0831. The highest BCUT2D eigenvalue weighted by atomic mass is 32.2. The quantitative estimate of drug-likeness (QED) is 0.738. The predicted molar refractivity (Wildman–Crippen MR) is 88.4 cm³/mol. The molecular formula is C16H26N2O3S. The normalized spacial score (nSPS) is 11.7. The molecule has 124 valence electrons. The van der Waals surface area contributed by atoms with Crippen LogP contribution in [0, 0.1) is 0 Å². The smallest absolute Gasteiger partial charge is 0.253 e. The third kappa shape index (κ3) is 4.30. The minimum absolute atomic E-state index is 0.0831. The summed E-state index contributed by atoms with van der Waals surface area (Å²) in [5.41, 5.74) is 0.511. The fourth-order valence-electron chi connectivity index (χ4n) is 2.20. The Morgan fingerprint density at radius 2 is 1.59 bits per heavy atom. The Balaban J connectivity index is 2.93. The van der Waals surface area contributed by atoms with Gasteiger partial charge >= 0.3 is 0 Å². The van der Waals surface area contributed by atoms with Gasteiger partial charge in [-0.15, -0.1) is 0 Å². The average molecular weight is 326 g/mol. The summed E-state index contributed by atoms with van der Waals surface area (Å²) in [5, 5.41) is 0. The number of rotatable bonds is 8. The van der Waals surface area contributed by atoms with E-state index >= 15 is 0 Å². The Labute approximate surface area is 134 Å². The van der Waals surface area contributed by atoms with Gasteiger partial charge in [-0.3, -0.25) is 4.79 Å². The number of amides is 1. The van der Waals surface area contributed by atoms with Crippen molar-refractivity contribution in [2.24, 2.45) is 0 Å². The van der Waals surface area contributed by atoms with E-state index in [-0.39, 0.29) is 10.8 Å². The number of benzene rings is 1. The van der Waals surface area contributed by atoms with Crippen molar-refractivity contribution >= 4 is 15.9 Å². The molecule has 6 heteroatoms. The van der Waals surface area contributed by atoms with Crippen LogP contribution in [0.4, 0.5) is 0 Å². The standard InChI is InChI=1S/C16H26N2O3S/c1-5-8-13-17(4)16(19)14-9-11-15(12-10-14)22(20,21)18(6-2)7-3/h9-12H,5-8,13H2,1-4H3. The zero-order chi connectivity index (χ0) is 16.8. The number of carbonyl (C=O) groups excluding carboxylic acids is 1. The molecule has 0 aliphatic rings. The molecule has 1 aromatic carbocycles. The first-order valence-electron chi connectivity index (χ1n) is 7.74. The van der Waals surface area contributed by atoms with Crippen LogP contribution in [0.25, 0.3) is 0 Å². The molecule has 1 amide bonds. The van der Waals surface area contributed by atoms with E-state index in [9.17, 15) is 13.2 Å². The molecule has 0 N–H and O–H groups in total. The zero-order valence-electron chi connectivity index (χ0n) is 13.9. The molecule has 0 aliphatic carbocycles. The molecule has 0 fully saturated rings. The van der Waals surface area contributed by atoms with E-state index in [0.29, 0.717) is 25.2 Å². The van der Waals surface area contributed by atoms with Crippen LogP contribution >= 0.6 is 0 Å². The van der Waals surface area contributed by atoms with Crippen LogP contribution in [0.5, 0.6) is 0 Å². The van der Waals surface area contributed by atoms with Crippen LogP contribution < -0.4 is 0 Å². The van der Waals surface area contributed by atoms with Crippen LogP contribution in [0.15, 0.2) is 29.2 Å². The molecule has 0 aliphatic heterocycles. The highest BCUT2D eigenvalue weighted by molar-refractivity contribution is 7.89. The molecule has 0 aromatic heterocycles. The van der Waals surface area contributed by atoms with Gasteiger partial charge in [-0.1, -0.05) is 27.2 Å². The average Bonchev–Trinajstić information content (AvgIpc) is 2.52. The van der Waals surface area contributed by atoms with Crippen molar-refractivity contribution < 1.29 is 13.2 Å². The van der Waals surface area contributed by atoms with Gasteiger partial charge in [0.25, 0.3) is 5.91 Å². The Bertz CT molecular complexity index is 578. The second-order valence-corrected chi connectivity index (χ2v) is 7.13. The molecule has 0 saturated carbocycles. The van der Waals surface area contributed by atoms with Crippen molar-refractivity contribution in [1.82, 2.24) is 9.21 Å². The van der Waals surface area contributed by atoms with Gasteiger partial charge in [0.15, 0.2) is 0 Å². The van der Waals surface area contributed by atoms with Crippen LogP contribution in [0.3, 0.4) is 0 Å². The molecule has 22 heavy (non-hydrogen) atoms. The summed E-state index contributed by atoms with van der Waals surface area (Å²) in [6.45, 7) is 7.25. The second kappa shape index (κ2) is 8.29. The number of unbranched alkanes of at least 4 members (excludes halogenated alkanes) is 1. The van der Waals surface area contributed by atoms with Crippen molar-refractivity contribution in [3.8, 4) is 0 Å². The van der Waals surface area contributed by atoms with Crippen LogP contribution in [-0.2, 0) is 10.0 Å². The van der Waals surface area contributed by atoms with Crippen molar-refractivity contribution in [3.63, 3.8) is 0 Å². The lowest BCUT2D eigenvalue weighted by molar-refractivity contribution is 0.0793. The number of hydrogen-bond donors (Lipinski definition) is 0. The molecule has 0 saturated heterocycles. The number of hydrogen-bond acceptors (Lipinski definition) is 3. The zero-order valence-corrected chi connectivity index (χ0v) is 14.7. The Morgan fingerprint density at radius 1 is 1.05 bits per heavy atom. The molecule has 0 atom stereocenters. The van der Waals surface area contributed by atoms with Gasteiger partial charge in [-0.2, -0.15) is 4.31 Å². The fourth-order valence-corrected chi connectivity index (χ4v) is 3.66. The lowest BCUT2D eigenvalue weighted by Crippen LogP contribution is -2.31. The Kier molecular flexibility index (Phi) is 7.03. The fraction of sp³-hybridized carbons (Fsp3) is 0.562. The second-order valence-electron chi connectivity index (χ2n) is 5.19. The SMILES string of the molecule is CCCCN(C)C(=O)c1ccc(S(=O)(=O)N(CC)CC)cc1. The van der Waals surface area contributed by atoms with E-state index in [1.54, 1.807) is 24.1 Å². The van der Waals surface area contributed by atoms with Crippen LogP contribution in [0.2, 0.25) is 0 Å². The summed E-state index contributed by atoms with van der Waals surface area (Å²) >= 11 is 0. The van der Waals surface area contributed by atoms with Gasteiger partial charge in [0, 0.05) is 32.2 Å². The molecule has 5 nitrogen and oxygen atoms in total. The van der Waals surface area contributed by atoms with Crippen molar-refractivity contribution in [2.75, 3.05) is 26.7 Å². The van der Waals surface area contributed by atoms with E-state index in [4.69, 9.17) is 0 Å². The summed E-state index contributed by atoms with van der Waals surface area (Å²) in [7, 11) is -1.71. The first-order valence-corrected chi connectivity index (χ1v) is 9.18. The lowest BCUT2D eigenvalue weighted by atomic mass is 10.2. The largest absolute Gasteiger partial charge is 0.342 e. The predicted octanol–water partition coefficient (Wildman–Crippen LogP) is 2.59. The van der Waals surface area contributed by atoms with Gasteiger partial charge in [0.2, 0.25) is 10.0 Å². The summed E-state index contributed by atoms with van der Waals surface area (Å²) < 4.78 is 26.2. The molecule has 0 heterocycles. The maximum Gasteiger partial charge on any atom is 0.253 e. The van der Waals surface area contributed by atoms with Crippen LogP contribution in [0.1, 0.15) is 44.0 Å². The Hall–Kier alpha value is -1.40. The van der Waals surface area contributed by atoms with E-state index in [2.05, 4.69) is 6.92 Å². The van der Waals surface area contributed by atoms with Gasteiger partial charge in [0.05, 0.1) is 4.90 Å². The summed E-state index contributed by atoms with van der Waals surface area (Å²) in [6.07, 6.45) is 1.98. The molecule has 1 rings (SSSR count). The minimum atomic E-state index is -3.47. The van der Waals surface area contributed by atoms with Crippen molar-refractivity contribution in [1.29, 1.82) is 0 Å². The molecule has 0 unspecified atom stereocenters. The van der Waals surface area contributed by atoms with E-state index < -0.39 is 10.0 Å². The van der Waals surface area contributed by atoms with Gasteiger partial charge in [-0.05, 0) is 30.7 Å². The minimum Gasteiger partial charge on any atom is -0.342 e. The van der Waals surface area contributed by atoms with Crippen molar-refractivity contribution in [3.05, 3.63) is 29.8 Å². The summed E-state index contributed by atoms with van der Waals surface area (Å²) in [4.78, 5) is 14.1. The van der Waals surface area contributed by atoms with Gasteiger partial charge < -0.3 is 4.90 Å². The number of nitrogens with zero attached hydrogens (tertiary/aromatic N) is 2. The van der Waals surface area contributed by atoms with Crippen molar-refractivity contribution in [2.45, 2.75) is 38.5 Å². The van der Waals surface area contributed by atoms with Crippen LogP contribution in [-0.4, -0.2) is 50.2 Å². The number of sulfonamides is 1. The van der Waals surface area contributed by atoms with Gasteiger partial charge in [-0.25, -0.2) is 8.42 Å². The first kappa shape index (κ1) is 18.6. The molecule has 1 aromatic rings. The molecular weight excluding hydrogens is 300 g/mol. The molecule has 0 spiro atoms. The van der Waals surface area contributed by atoms with Gasteiger partial charge in [0.1, 0.15) is 0 Å². The third-order valence-corrected chi connectivity index (χ3v) is 5.70. The van der Waals surface area contributed by atoms with E-state index in [1.165, 1.54) is 16.4 Å². The summed E-state index contributed by atoms with van der Waals surface area (Å²) in [6, 6.07) is 6.19. The monoisotopic (exact) mass is 326 g/mol. The maximum atomic E-state index is 12.4. The highest BCUT2D eigenvalue weighted by Crippen LogP contribution is 2.17. The van der Waals surface area contributed by atoms with E-state index in [0.717, 1.165) is 12.8 Å². The lowest BCUT2D eigenvalue weighted by Gasteiger charge is -2.19. The topological polar surface area (TPSA) is 57.7 Å². The third-order valence-electron chi connectivity index (χ3n) is 3.64.